The van der Waals surface area contributed by atoms with Gasteiger partial charge in [-0.05, 0) is 30.4 Å². The Morgan fingerprint density at radius 2 is 2.11 bits per heavy atom. The van der Waals surface area contributed by atoms with Gasteiger partial charge in [-0.15, -0.1) is 11.8 Å². The van der Waals surface area contributed by atoms with Crippen LogP contribution in [0.2, 0.25) is 0 Å². The van der Waals surface area contributed by atoms with Crippen LogP contribution >= 0.6 is 11.8 Å². The maximum absolute atomic E-state index is 5.89. The van der Waals surface area contributed by atoms with Crippen molar-refractivity contribution in [1.29, 1.82) is 0 Å². The van der Waals surface area contributed by atoms with E-state index in [4.69, 9.17) is 9.26 Å². The monoisotopic (exact) mass is 282 g/mol. The summed E-state index contributed by atoms with van der Waals surface area (Å²) in [7, 11) is 0. The summed E-state index contributed by atoms with van der Waals surface area (Å²) in [4.78, 5) is 4.66. The normalized spacial score (nSPS) is 32.1. The molecule has 0 saturated carbocycles. The first-order valence-electron chi connectivity index (χ1n) is 7.12. The maximum atomic E-state index is 5.89. The second kappa shape index (κ2) is 5.09. The van der Waals surface area contributed by atoms with Crippen molar-refractivity contribution in [3.05, 3.63) is 11.7 Å². The van der Waals surface area contributed by atoms with E-state index in [1.54, 1.807) is 0 Å². The topological polar surface area (TPSA) is 48.2 Å². The predicted octanol–water partition coefficient (Wildman–Crippen LogP) is 3.56. The number of rotatable bonds is 2. The number of nitrogens with zero attached hydrogens (tertiary/aromatic N) is 2. The molecule has 0 radical (unpaired) electrons. The van der Waals surface area contributed by atoms with E-state index in [0.29, 0.717) is 5.25 Å². The minimum atomic E-state index is 0.115. The van der Waals surface area contributed by atoms with Crippen LogP contribution in [0.5, 0.6) is 0 Å². The first kappa shape index (κ1) is 13.4. The Bertz CT molecular complexity index is 435. The van der Waals surface area contributed by atoms with Crippen LogP contribution < -0.4 is 0 Å². The molecule has 106 valence electrons. The summed E-state index contributed by atoms with van der Waals surface area (Å²) in [6, 6.07) is 0. The molecule has 2 fully saturated rings. The van der Waals surface area contributed by atoms with E-state index in [2.05, 4.69) is 30.9 Å². The third-order valence-electron chi connectivity index (χ3n) is 3.94. The Hall–Kier alpha value is -0.550. The van der Waals surface area contributed by atoms with Crippen LogP contribution in [-0.2, 0) is 4.74 Å². The highest BCUT2D eigenvalue weighted by Crippen LogP contribution is 2.42. The molecule has 0 amide bonds. The van der Waals surface area contributed by atoms with Gasteiger partial charge in [0, 0.05) is 6.61 Å². The van der Waals surface area contributed by atoms with Gasteiger partial charge in [0.1, 0.15) is 0 Å². The first-order valence-corrected chi connectivity index (χ1v) is 8.17. The fourth-order valence-electron chi connectivity index (χ4n) is 3.01. The van der Waals surface area contributed by atoms with Gasteiger partial charge in [-0.2, -0.15) is 4.98 Å². The minimum Gasteiger partial charge on any atom is -0.377 e. The van der Waals surface area contributed by atoms with Crippen molar-refractivity contribution in [2.24, 2.45) is 5.41 Å². The number of aromatic nitrogens is 2. The van der Waals surface area contributed by atoms with E-state index in [-0.39, 0.29) is 17.4 Å². The molecule has 2 aliphatic heterocycles. The van der Waals surface area contributed by atoms with Gasteiger partial charge in [0.15, 0.2) is 5.82 Å². The molecule has 5 heteroatoms. The standard InChI is InChI=1S/C14H22N2O2S/c1-14(2,3)11-9(6-7-17-11)12-15-13(18-16-12)10-5-4-8-19-10/h9-11H,4-8H2,1-3H3/t9-,10?,11-/m0/s1. The molecule has 3 heterocycles. The third kappa shape index (κ3) is 2.68. The Morgan fingerprint density at radius 3 is 2.79 bits per heavy atom. The second-order valence-electron chi connectivity index (χ2n) is 6.55. The lowest BCUT2D eigenvalue weighted by Gasteiger charge is -2.29. The van der Waals surface area contributed by atoms with E-state index < -0.39 is 0 Å². The van der Waals surface area contributed by atoms with Crippen LogP contribution in [-0.4, -0.2) is 28.6 Å². The van der Waals surface area contributed by atoms with Crippen LogP contribution in [0.1, 0.15) is 62.9 Å². The Kier molecular flexibility index (Phi) is 3.60. The lowest BCUT2D eigenvalue weighted by Crippen LogP contribution is -2.30. The van der Waals surface area contributed by atoms with E-state index in [9.17, 15) is 0 Å². The molecule has 19 heavy (non-hydrogen) atoms. The Balaban J connectivity index is 1.78. The number of ether oxygens (including phenoxy) is 1. The van der Waals surface area contributed by atoms with Gasteiger partial charge in [-0.25, -0.2) is 0 Å². The van der Waals surface area contributed by atoms with Crippen LogP contribution in [0.15, 0.2) is 4.52 Å². The number of thioether (sulfide) groups is 1. The molecule has 1 aromatic rings. The van der Waals surface area contributed by atoms with Crippen LogP contribution in [0.3, 0.4) is 0 Å². The van der Waals surface area contributed by atoms with Crippen molar-refractivity contribution in [2.45, 2.75) is 57.3 Å². The third-order valence-corrected chi connectivity index (χ3v) is 5.30. The Morgan fingerprint density at radius 1 is 1.26 bits per heavy atom. The zero-order chi connectivity index (χ0) is 13.5. The van der Waals surface area contributed by atoms with Crippen molar-refractivity contribution in [1.82, 2.24) is 10.1 Å². The van der Waals surface area contributed by atoms with Crippen molar-refractivity contribution >= 4 is 11.8 Å². The van der Waals surface area contributed by atoms with Crippen LogP contribution in [0.4, 0.5) is 0 Å². The van der Waals surface area contributed by atoms with Crippen LogP contribution in [0, 0.1) is 5.41 Å². The second-order valence-corrected chi connectivity index (χ2v) is 7.86. The maximum Gasteiger partial charge on any atom is 0.239 e. The summed E-state index contributed by atoms with van der Waals surface area (Å²) in [6.07, 6.45) is 3.60. The summed E-state index contributed by atoms with van der Waals surface area (Å²) >= 11 is 1.93. The highest BCUT2D eigenvalue weighted by molar-refractivity contribution is 7.99. The molecule has 3 rings (SSSR count). The Labute approximate surface area is 118 Å². The molecule has 1 unspecified atom stereocenters. The SMILES string of the molecule is CC(C)(C)[C@H]1OCC[C@@H]1c1noc(C2CCCS2)n1. The summed E-state index contributed by atoms with van der Waals surface area (Å²) in [5.74, 6) is 3.15. The summed E-state index contributed by atoms with van der Waals surface area (Å²) in [6.45, 7) is 7.44. The molecule has 2 saturated heterocycles. The van der Waals surface area contributed by atoms with E-state index in [0.717, 1.165) is 31.2 Å². The smallest absolute Gasteiger partial charge is 0.239 e. The van der Waals surface area contributed by atoms with Gasteiger partial charge < -0.3 is 9.26 Å². The van der Waals surface area contributed by atoms with E-state index in [1.165, 1.54) is 12.2 Å². The largest absolute Gasteiger partial charge is 0.377 e. The van der Waals surface area contributed by atoms with Crippen molar-refractivity contribution in [3.63, 3.8) is 0 Å². The van der Waals surface area contributed by atoms with Crippen molar-refractivity contribution in [3.8, 4) is 0 Å². The van der Waals surface area contributed by atoms with Gasteiger partial charge in [-0.1, -0.05) is 25.9 Å². The van der Waals surface area contributed by atoms with Gasteiger partial charge in [-0.3, -0.25) is 0 Å². The molecular weight excluding hydrogens is 260 g/mol. The quantitative estimate of drug-likeness (QED) is 0.830. The zero-order valence-electron chi connectivity index (χ0n) is 11.9. The van der Waals surface area contributed by atoms with E-state index in [1.807, 2.05) is 11.8 Å². The molecule has 1 aromatic heterocycles. The average Bonchev–Trinajstić information content (AvgIpc) is 3.09. The highest BCUT2D eigenvalue weighted by atomic mass is 32.2. The lowest BCUT2D eigenvalue weighted by molar-refractivity contribution is 0.0193. The van der Waals surface area contributed by atoms with Crippen LogP contribution in [0.25, 0.3) is 0 Å². The van der Waals surface area contributed by atoms with Crippen molar-refractivity contribution < 1.29 is 9.26 Å². The molecular formula is C14H22N2O2S. The summed E-state index contributed by atoms with van der Waals surface area (Å²) < 4.78 is 11.4. The fraction of sp³-hybridized carbons (Fsp3) is 0.857. The molecule has 0 bridgehead atoms. The lowest BCUT2D eigenvalue weighted by atomic mass is 9.81. The summed E-state index contributed by atoms with van der Waals surface area (Å²) in [5.41, 5.74) is 0.115. The molecule has 2 aliphatic rings. The number of hydrogen-bond donors (Lipinski definition) is 0. The summed E-state index contributed by atoms with van der Waals surface area (Å²) in [5, 5.41) is 4.64. The van der Waals surface area contributed by atoms with Gasteiger partial charge in [0.05, 0.1) is 17.3 Å². The number of hydrogen-bond acceptors (Lipinski definition) is 5. The van der Waals surface area contributed by atoms with Gasteiger partial charge >= 0.3 is 0 Å². The first-order chi connectivity index (χ1) is 9.05. The fourth-order valence-corrected chi connectivity index (χ4v) is 4.20. The highest BCUT2D eigenvalue weighted by Gasteiger charge is 2.41. The average molecular weight is 282 g/mol. The van der Waals surface area contributed by atoms with Gasteiger partial charge in [0.25, 0.3) is 0 Å². The van der Waals surface area contributed by atoms with Crippen molar-refractivity contribution in [2.75, 3.05) is 12.4 Å². The zero-order valence-corrected chi connectivity index (χ0v) is 12.7. The predicted molar refractivity (Wildman–Crippen MR) is 75.3 cm³/mol. The molecule has 4 nitrogen and oxygen atoms in total. The molecule has 3 atom stereocenters. The minimum absolute atomic E-state index is 0.115. The van der Waals surface area contributed by atoms with E-state index >= 15 is 0 Å². The molecule has 0 aliphatic carbocycles. The van der Waals surface area contributed by atoms with Gasteiger partial charge in [0.2, 0.25) is 5.89 Å². The molecule has 0 aromatic carbocycles. The molecule has 0 spiro atoms. The molecule has 0 N–H and O–H groups in total.